The first-order chi connectivity index (χ1) is 6.19. The molecule has 0 fully saturated rings. The molecule has 0 unspecified atom stereocenters. The molecular formula is C8H11N3O2. The first-order valence-corrected chi connectivity index (χ1v) is 3.83. The van der Waals surface area contributed by atoms with Crippen LogP contribution in [0.3, 0.4) is 0 Å². The average molecular weight is 181 g/mol. The minimum atomic E-state index is -0.416. The van der Waals surface area contributed by atoms with Gasteiger partial charge in [0.25, 0.3) is 5.69 Å². The van der Waals surface area contributed by atoms with E-state index in [9.17, 15) is 10.1 Å². The van der Waals surface area contributed by atoms with Crippen molar-refractivity contribution >= 4 is 17.1 Å². The molecule has 2 N–H and O–H groups in total. The summed E-state index contributed by atoms with van der Waals surface area (Å²) < 4.78 is 0. The Balaban J connectivity index is 3.13. The van der Waals surface area contributed by atoms with Crippen LogP contribution in [0.1, 0.15) is 0 Å². The van der Waals surface area contributed by atoms with Gasteiger partial charge in [-0.05, 0) is 6.07 Å². The van der Waals surface area contributed by atoms with E-state index in [1.807, 2.05) is 0 Å². The van der Waals surface area contributed by atoms with Crippen LogP contribution in [-0.2, 0) is 0 Å². The molecule has 0 bridgehead atoms. The standard InChI is InChI=1S/C8H11N3O2/c1-9-7-4-3-6(11(12)13)5-8(7)10-2/h3-5,9-10H,1-2H3. The van der Waals surface area contributed by atoms with E-state index in [4.69, 9.17) is 0 Å². The van der Waals surface area contributed by atoms with Crippen molar-refractivity contribution in [1.29, 1.82) is 0 Å². The maximum Gasteiger partial charge on any atom is 0.271 e. The summed E-state index contributed by atoms with van der Waals surface area (Å²) >= 11 is 0. The molecule has 0 aromatic heterocycles. The zero-order chi connectivity index (χ0) is 9.84. The predicted octanol–water partition coefficient (Wildman–Crippen LogP) is 1.68. The molecule has 70 valence electrons. The third kappa shape index (κ3) is 1.87. The molecule has 5 heteroatoms. The highest BCUT2D eigenvalue weighted by atomic mass is 16.6. The molecule has 0 radical (unpaired) electrons. The largest absolute Gasteiger partial charge is 0.386 e. The summed E-state index contributed by atoms with van der Waals surface area (Å²) in [5.41, 5.74) is 1.65. The lowest BCUT2D eigenvalue weighted by atomic mass is 10.2. The zero-order valence-electron chi connectivity index (χ0n) is 7.50. The van der Waals surface area contributed by atoms with Gasteiger partial charge in [-0.3, -0.25) is 10.1 Å². The molecule has 5 nitrogen and oxygen atoms in total. The van der Waals surface area contributed by atoms with Crippen molar-refractivity contribution < 1.29 is 4.92 Å². The molecule has 1 aromatic carbocycles. The van der Waals surface area contributed by atoms with E-state index >= 15 is 0 Å². The van der Waals surface area contributed by atoms with Crippen LogP contribution in [0.2, 0.25) is 0 Å². The smallest absolute Gasteiger partial charge is 0.271 e. The molecular weight excluding hydrogens is 170 g/mol. The van der Waals surface area contributed by atoms with E-state index in [-0.39, 0.29) is 5.69 Å². The van der Waals surface area contributed by atoms with E-state index in [1.54, 1.807) is 20.2 Å². The normalized spacial score (nSPS) is 9.38. The highest BCUT2D eigenvalue weighted by molar-refractivity contribution is 5.71. The molecule has 0 saturated heterocycles. The Hall–Kier alpha value is -1.78. The quantitative estimate of drug-likeness (QED) is 0.550. The van der Waals surface area contributed by atoms with Crippen LogP contribution in [-0.4, -0.2) is 19.0 Å². The zero-order valence-corrected chi connectivity index (χ0v) is 7.50. The number of non-ortho nitro benzene ring substituents is 1. The first kappa shape index (κ1) is 9.31. The summed E-state index contributed by atoms with van der Waals surface area (Å²) in [7, 11) is 3.49. The Bertz CT molecular complexity index is 325. The van der Waals surface area contributed by atoms with Crippen molar-refractivity contribution in [2.24, 2.45) is 0 Å². The van der Waals surface area contributed by atoms with Crippen LogP contribution >= 0.6 is 0 Å². The predicted molar refractivity (Wildman–Crippen MR) is 52.2 cm³/mol. The second-order valence-corrected chi connectivity index (χ2v) is 2.49. The van der Waals surface area contributed by atoms with Crippen LogP contribution in [0.25, 0.3) is 0 Å². The molecule has 0 amide bonds. The Morgan fingerprint density at radius 3 is 2.31 bits per heavy atom. The average Bonchev–Trinajstić information content (AvgIpc) is 2.16. The second-order valence-electron chi connectivity index (χ2n) is 2.49. The van der Waals surface area contributed by atoms with Crippen molar-refractivity contribution in [3.8, 4) is 0 Å². The topological polar surface area (TPSA) is 67.2 Å². The second kappa shape index (κ2) is 3.75. The van der Waals surface area contributed by atoms with Crippen LogP contribution in [0.4, 0.5) is 17.1 Å². The lowest BCUT2D eigenvalue weighted by molar-refractivity contribution is -0.384. The number of nitro groups is 1. The number of anilines is 2. The summed E-state index contributed by atoms with van der Waals surface area (Å²) in [6.45, 7) is 0. The van der Waals surface area contributed by atoms with Gasteiger partial charge in [-0.2, -0.15) is 0 Å². The van der Waals surface area contributed by atoms with Gasteiger partial charge in [-0.1, -0.05) is 0 Å². The van der Waals surface area contributed by atoms with Gasteiger partial charge in [0.1, 0.15) is 0 Å². The molecule has 0 aliphatic rings. The van der Waals surface area contributed by atoms with Gasteiger partial charge in [0, 0.05) is 26.2 Å². The molecule has 0 saturated carbocycles. The van der Waals surface area contributed by atoms with Gasteiger partial charge >= 0.3 is 0 Å². The number of nitrogens with zero attached hydrogens (tertiary/aromatic N) is 1. The number of nitrogens with one attached hydrogen (secondary N) is 2. The summed E-state index contributed by atoms with van der Waals surface area (Å²) in [6, 6.07) is 4.63. The van der Waals surface area contributed by atoms with E-state index < -0.39 is 4.92 Å². The lowest BCUT2D eigenvalue weighted by Gasteiger charge is -2.07. The van der Waals surface area contributed by atoms with Gasteiger partial charge in [0.2, 0.25) is 0 Å². The minimum absolute atomic E-state index is 0.0864. The van der Waals surface area contributed by atoms with Crippen LogP contribution in [0, 0.1) is 10.1 Å². The third-order valence-corrected chi connectivity index (χ3v) is 1.75. The molecule has 1 rings (SSSR count). The molecule has 0 atom stereocenters. The van der Waals surface area contributed by atoms with Gasteiger partial charge < -0.3 is 10.6 Å². The van der Waals surface area contributed by atoms with E-state index in [0.717, 1.165) is 11.4 Å². The number of hydrogen-bond donors (Lipinski definition) is 2. The highest BCUT2D eigenvalue weighted by Crippen LogP contribution is 2.25. The summed E-state index contributed by atoms with van der Waals surface area (Å²) in [6.07, 6.45) is 0. The third-order valence-electron chi connectivity index (χ3n) is 1.75. The fraction of sp³-hybridized carbons (Fsp3) is 0.250. The Labute approximate surface area is 75.9 Å². The minimum Gasteiger partial charge on any atom is -0.386 e. The van der Waals surface area contributed by atoms with Crippen LogP contribution in [0.5, 0.6) is 0 Å². The number of hydrogen-bond acceptors (Lipinski definition) is 4. The van der Waals surface area contributed by atoms with Gasteiger partial charge in [0.15, 0.2) is 0 Å². The molecule has 0 aliphatic carbocycles. The van der Waals surface area contributed by atoms with Crippen molar-refractivity contribution in [1.82, 2.24) is 0 Å². The van der Waals surface area contributed by atoms with Gasteiger partial charge in [-0.15, -0.1) is 0 Å². The fourth-order valence-corrected chi connectivity index (χ4v) is 1.07. The van der Waals surface area contributed by atoms with Crippen molar-refractivity contribution in [2.45, 2.75) is 0 Å². The first-order valence-electron chi connectivity index (χ1n) is 3.83. The highest BCUT2D eigenvalue weighted by Gasteiger charge is 2.08. The summed E-state index contributed by atoms with van der Waals surface area (Å²) in [5, 5.41) is 16.2. The summed E-state index contributed by atoms with van der Waals surface area (Å²) in [5.74, 6) is 0. The van der Waals surface area contributed by atoms with E-state index in [2.05, 4.69) is 10.6 Å². The molecule has 1 aromatic rings. The molecule has 0 spiro atoms. The maximum absolute atomic E-state index is 10.4. The van der Waals surface area contributed by atoms with E-state index in [0.29, 0.717) is 0 Å². The number of benzene rings is 1. The monoisotopic (exact) mass is 181 g/mol. The van der Waals surface area contributed by atoms with Crippen LogP contribution in [0.15, 0.2) is 18.2 Å². The van der Waals surface area contributed by atoms with Gasteiger partial charge in [-0.25, -0.2) is 0 Å². The molecule has 13 heavy (non-hydrogen) atoms. The number of rotatable bonds is 3. The summed E-state index contributed by atoms with van der Waals surface area (Å²) in [4.78, 5) is 10.0. The van der Waals surface area contributed by atoms with E-state index in [1.165, 1.54) is 12.1 Å². The van der Waals surface area contributed by atoms with Crippen molar-refractivity contribution in [3.05, 3.63) is 28.3 Å². The van der Waals surface area contributed by atoms with Gasteiger partial charge in [0.05, 0.1) is 16.3 Å². The Morgan fingerprint density at radius 2 is 1.85 bits per heavy atom. The lowest BCUT2D eigenvalue weighted by Crippen LogP contribution is -1.97. The Kier molecular flexibility index (Phi) is 2.69. The maximum atomic E-state index is 10.4. The molecule has 0 heterocycles. The van der Waals surface area contributed by atoms with Crippen molar-refractivity contribution in [3.63, 3.8) is 0 Å². The SMILES string of the molecule is CNc1ccc([N+](=O)[O-])cc1NC. The van der Waals surface area contributed by atoms with Crippen molar-refractivity contribution in [2.75, 3.05) is 24.7 Å². The Morgan fingerprint density at radius 1 is 1.23 bits per heavy atom. The fourth-order valence-electron chi connectivity index (χ4n) is 1.07. The molecule has 0 aliphatic heterocycles. The number of nitro benzene ring substituents is 1. The van der Waals surface area contributed by atoms with Crippen LogP contribution < -0.4 is 10.6 Å².